The molecule has 3 unspecified atom stereocenters. The van der Waals surface area contributed by atoms with Crippen LogP contribution in [0.5, 0.6) is 17.4 Å². The Morgan fingerprint density at radius 1 is 1.18 bits per heavy atom. The number of aromatic hydroxyl groups is 1. The lowest BCUT2D eigenvalue weighted by atomic mass is 9.85. The summed E-state index contributed by atoms with van der Waals surface area (Å²) >= 11 is 0. The van der Waals surface area contributed by atoms with Gasteiger partial charge in [-0.1, -0.05) is 24.3 Å². The van der Waals surface area contributed by atoms with Gasteiger partial charge >= 0.3 is 0 Å². The van der Waals surface area contributed by atoms with Gasteiger partial charge in [0.05, 0.1) is 30.4 Å². The van der Waals surface area contributed by atoms with E-state index >= 15 is 0 Å². The van der Waals surface area contributed by atoms with Crippen LogP contribution in [0.25, 0.3) is 33.1 Å². The number of fused-ring (bicyclic) bond motifs is 5. The Bertz CT molecular complexity index is 1920. The van der Waals surface area contributed by atoms with E-state index in [9.17, 15) is 20.1 Å². The molecule has 3 atom stereocenters. The van der Waals surface area contributed by atoms with E-state index in [1.54, 1.807) is 10.6 Å². The van der Waals surface area contributed by atoms with E-state index in [-0.39, 0.29) is 42.8 Å². The van der Waals surface area contributed by atoms with Crippen LogP contribution in [0.4, 0.5) is 5.95 Å². The zero-order valence-corrected chi connectivity index (χ0v) is 20.1. The van der Waals surface area contributed by atoms with Gasteiger partial charge in [-0.3, -0.25) is 14.3 Å². The number of ether oxygens (including phenoxy) is 3. The fourth-order valence-electron chi connectivity index (χ4n) is 5.66. The number of imidazole rings is 1. The first kappa shape index (κ1) is 22.3. The number of H-pyrrole nitrogens is 2. The molecule has 8 rings (SSSR count). The maximum Gasteiger partial charge on any atom is 0.280 e. The zero-order chi connectivity index (χ0) is 26.4. The van der Waals surface area contributed by atoms with Gasteiger partial charge in [-0.15, -0.1) is 0 Å². The van der Waals surface area contributed by atoms with Crippen molar-refractivity contribution in [3.8, 4) is 28.5 Å². The minimum Gasteiger partial charge on any atom is -0.494 e. The molecule has 39 heavy (non-hydrogen) atoms. The number of aliphatic imine (C=N–C) groups is 1. The van der Waals surface area contributed by atoms with Gasteiger partial charge in [0.1, 0.15) is 12.3 Å². The van der Waals surface area contributed by atoms with Crippen molar-refractivity contribution in [2.45, 2.75) is 24.9 Å². The van der Waals surface area contributed by atoms with E-state index in [0.717, 1.165) is 16.7 Å². The molecule has 0 bridgehead atoms. The highest BCUT2D eigenvalue weighted by Gasteiger charge is 2.36. The third-order valence-electron chi connectivity index (χ3n) is 7.43. The highest BCUT2D eigenvalue weighted by atomic mass is 16.7. The minimum atomic E-state index is -0.864. The van der Waals surface area contributed by atoms with E-state index in [0.29, 0.717) is 33.7 Å². The molecule has 3 aromatic heterocycles. The van der Waals surface area contributed by atoms with Crippen molar-refractivity contribution < 1.29 is 29.5 Å². The lowest BCUT2D eigenvalue weighted by molar-refractivity contribution is -0.0432. The number of rotatable bonds is 3. The molecule has 196 valence electrons. The summed E-state index contributed by atoms with van der Waals surface area (Å²) in [5, 5.41) is 31.7. The molecular formula is C26H20N6O7. The Hall–Kier alpha value is -4.72. The van der Waals surface area contributed by atoms with Crippen molar-refractivity contribution in [1.82, 2.24) is 24.5 Å². The zero-order valence-electron chi connectivity index (χ0n) is 20.1. The predicted octanol–water partition coefficient (Wildman–Crippen LogP) is 1.83. The number of aliphatic hydroxyl groups is 2. The molecule has 13 nitrogen and oxygen atoms in total. The second kappa shape index (κ2) is 7.89. The van der Waals surface area contributed by atoms with Gasteiger partial charge in [0.15, 0.2) is 28.5 Å². The lowest BCUT2D eigenvalue weighted by Gasteiger charge is -2.20. The average molecular weight is 528 g/mol. The molecule has 0 spiro atoms. The number of hydrogen-bond acceptors (Lipinski definition) is 10. The number of aliphatic hydroxyl groups excluding tert-OH is 2. The fourth-order valence-corrected chi connectivity index (χ4v) is 5.66. The van der Waals surface area contributed by atoms with E-state index < -0.39 is 24.0 Å². The normalized spacial score (nSPS) is 22.3. The van der Waals surface area contributed by atoms with Crippen LogP contribution in [0.15, 0.2) is 46.4 Å². The summed E-state index contributed by atoms with van der Waals surface area (Å²) in [5.41, 5.74) is 3.16. The maximum atomic E-state index is 13.0. The quantitative estimate of drug-likeness (QED) is 0.229. The summed E-state index contributed by atoms with van der Waals surface area (Å²) in [6.07, 6.45) is -0.649. The number of benzene rings is 2. The Morgan fingerprint density at radius 2 is 2.03 bits per heavy atom. The number of nitrogens with zero attached hydrogens (tertiary/aromatic N) is 4. The van der Waals surface area contributed by atoms with Crippen molar-refractivity contribution >= 4 is 33.6 Å². The van der Waals surface area contributed by atoms with Crippen LogP contribution in [0.2, 0.25) is 0 Å². The van der Waals surface area contributed by atoms with E-state index in [1.807, 2.05) is 24.3 Å². The molecule has 1 aliphatic carbocycles. The Labute approximate surface area is 218 Å². The standard InChI is InChI=1S/C26H20N6O7/c33-7-15-13(34)6-16(39-15)32-8-27-21-23(32)30-26(31-25(21)36)29-19-11-4-2-1-3-10(11)18-17-12(24(35)28-20(17)19)5-14-22(18)38-9-37-14/h1-5,8,13,15-16,28,33-35H,6-7,9H2,(H,30,31,36)/b29-19-. The van der Waals surface area contributed by atoms with Crippen LogP contribution in [-0.2, 0) is 4.74 Å². The van der Waals surface area contributed by atoms with Crippen LogP contribution in [0, 0.1) is 0 Å². The topological polar surface area (TPSA) is 180 Å². The number of aromatic amines is 2. The molecule has 0 radical (unpaired) electrons. The van der Waals surface area contributed by atoms with Gasteiger partial charge in [0.2, 0.25) is 12.7 Å². The van der Waals surface area contributed by atoms with Crippen LogP contribution in [-0.4, -0.2) is 71.1 Å². The first-order chi connectivity index (χ1) is 19.0. The first-order valence-corrected chi connectivity index (χ1v) is 12.3. The second-order valence-electron chi connectivity index (χ2n) is 9.59. The Morgan fingerprint density at radius 3 is 2.85 bits per heavy atom. The third kappa shape index (κ3) is 3.05. The molecule has 3 aliphatic rings. The molecule has 1 saturated heterocycles. The summed E-state index contributed by atoms with van der Waals surface area (Å²) < 4.78 is 18.7. The summed E-state index contributed by atoms with van der Waals surface area (Å²) in [6, 6.07) is 9.31. The number of nitrogens with one attached hydrogen (secondary N) is 2. The van der Waals surface area contributed by atoms with E-state index in [4.69, 9.17) is 19.2 Å². The molecule has 0 saturated carbocycles. The second-order valence-corrected chi connectivity index (χ2v) is 9.59. The fraction of sp³-hybridized carbons (Fsp3) is 0.231. The largest absolute Gasteiger partial charge is 0.494 e. The maximum absolute atomic E-state index is 13.0. The highest BCUT2D eigenvalue weighted by Crippen LogP contribution is 2.52. The van der Waals surface area contributed by atoms with Crippen LogP contribution < -0.4 is 15.0 Å². The van der Waals surface area contributed by atoms with Crippen molar-refractivity contribution in [3.63, 3.8) is 0 Å². The Balaban J connectivity index is 1.34. The van der Waals surface area contributed by atoms with Gasteiger partial charge in [0.25, 0.3) is 5.56 Å². The molecule has 5 N–H and O–H groups in total. The van der Waals surface area contributed by atoms with Crippen molar-refractivity contribution in [1.29, 1.82) is 0 Å². The summed E-state index contributed by atoms with van der Waals surface area (Å²) in [6.45, 7) is -0.257. The minimum absolute atomic E-state index is 0.0164. The summed E-state index contributed by atoms with van der Waals surface area (Å²) in [4.78, 5) is 32.2. The van der Waals surface area contributed by atoms with Crippen LogP contribution in [0.1, 0.15) is 23.9 Å². The molecule has 5 heterocycles. The monoisotopic (exact) mass is 528 g/mol. The predicted molar refractivity (Wildman–Crippen MR) is 137 cm³/mol. The van der Waals surface area contributed by atoms with Gasteiger partial charge in [0, 0.05) is 28.3 Å². The third-order valence-corrected chi connectivity index (χ3v) is 7.43. The van der Waals surface area contributed by atoms with Crippen molar-refractivity contribution in [2.24, 2.45) is 4.99 Å². The molecule has 13 heteroatoms. The molecule has 0 amide bonds. The van der Waals surface area contributed by atoms with E-state index in [2.05, 4.69) is 19.9 Å². The Kier molecular flexibility index (Phi) is 4.51. The number of aromatic nitrogens is 5. The molecule has 2 aromatic carbocycles. The van der Waals surface area contributed by atoms with Crippen LogP contribution in [0.3, 0.4) is 0 Å². The molecule has 5 aromatic rings. The summed E-state index contributed by atoms with van der Waals surface area (Å²) in [7, 11) is 0. The van der Waals surface area contributed by atoms with Crippen molar-refractivity contribution in [3.05, 3.63) is 58.3 Å². The SMILES string of the molecule is O=c1[nH]c(/N=C2/c3ccccc3-c3c4c(cc5c(O)[nH]c2c35)OCO4)nc2c1ncn2C1CC(O)C(CO)O1. The molecule has 1 fully saturated rings. The van der Waals surface area contributed by atoms with Gasteiger partial charge in [-0.05, 0) is 11.6 Å². The average Bonchev–Trinajstić information content (AvgIpc) is 3.72. The lowest BCUT2D eigenvalue weighted by Crippen LogP contribution is -2.24. The number of hydrogen-bond donors (Lipinski definition) is 5. The van der Waals surface area contributed by atoms with Gasteiger partial charge in [-0.2, -0.15) is 4.98 Å². The smallest absolute Gasteiger partial charge is 0.280 e. The van der Waals surface area contributed by atoms with Gasteiger partial charge < -0.3 is 34.5 Å². The van der Waals surface area contributed by atoms with Gasteiger partial charge in [-0.25, -0.2) is 9.98 Å². The highest BCUT2D eigenvalue weighted by molar-refractivity contribution is 6.29. The van der Waals surface area contributed by atoms with E-state index in [1.165, 1.54) is 6.33 Å². The van der Waals surface area contributed by atoms with Crippen LogP contribution >= 0.6 is 0 Å². The van der Waals surface area contributed by atoms with Crippen molar-refractivity contribution in [2.75, 3.05) is 13.4 Å². The first-order valence-electron chi connectivity index (χ1n) is 12.3. The summed E-state index contributed by atoms with van der Waals surface area (Å²) in [5.74, 6) is 1.10. The molecule has 2 aliphatic heterocycles. The molecular weight excluding hydrogens is 508 g/mol.